The van der Waals surface area contributed by atoms with E-state index in [1.807, 2.05) is 36.4 Å². The van der Waals surface area contributed by atoms with Crippen molar-refractivity contribution in [3.05, 3.63) is 87.9 Å². The van der Waals surface area contributed by atoms with E-state index in [1.165, 1.54) is 6.33 Å². The van der Waals surface area contributed by atoms with Crippen LogP contribution in [0.25, 0.3) is 11.1 Å². The van der Waals surface area contributed by atoms with E-state index < -0.39 is 0 Å². The minimum atomic E-state index is -0.252. The number of nitrogens with two attached hydrogens (primary N) is 1. The van der Waals surface area contributed by atoms with E-state index in [4.69, 9.17) is 5.73 Å². The number of aromatic nitrogens is 2. The number of nitrogens with zero attached hydrogens (tertiary/aromatic N) is 1. The van der Waals surface area contributed by atoms with Gasteiger partial charge in [0.1, 0.15) is 5.82 Å². The maximum Gasteiger partial charge on any atom is 0.254 e. The van der Waals surface area contributed by atoms with E-state index in [0.717, 1.165) is 17.7 Å². The van der Waals surface area contributed by atoms with Crippen LogP contribution in [0, 0.1) is 5.82 Å². The standard InChI is InChI=1S/C21H20FN3O/c22-20-14(7-4-8-15(20)13-5-2-1-3-6-13)11-16-17(23)9-10-18-19(16)21(26)25-12-24-18/h1-8,12,16-17H,9-11,23H2,(H,24,25,26). The zero-order chi connectivity index (χ0) is 18.1. The van der Waals surface area contributed by atoms with Crippen molar-refractivity contribution in [2.24, 2.45) is 5.73 Å². The van der Waals surface area contributed by atoms with E-state index in [2.05, 4.69) is 9.97 Å². The molecule has 2 unspecified atom stereocenters. The van der Waals surface area contributed by atoms with Crippen molar-refractivity contribution >= 4 is 0 Å². The second kappa shape index (κ2) is 6.84. The molecule has 1 heterocycles. The number of halogens is 1. The first-order valence-corrected chi connectivity index (χ1v) is 8.80. The molecule has 3 aromatic rings. The highest BCUT2D eigenvalue weighted by Gasteiger charge is 2.31. The van der Waals surface area contributed by atoms with Gasteiger partial charge in [0.15, 0.2) is 0 Å². The fourth-order valence-corrected chi connectivity index (χ4v) is 3.82. The van der Waals surface area contributed by atoms with Crippen LogP contribution in [0.3, 0.4) is 0 Å². The molecule has 0 saturated carbocycles. The lowest BCUT2D eigenvalue weighted by atomic mass is 9.78. The lowest BCUT2D eigenvalue weighted by molar-refractivity contribution is 0.450. The highest BCUT2D eigenvalue weighted by molar-refractivity contribution is 5.65. The number of aryl methyl sites for hydroxylation is 1. The van der Waals surface area contributed by atoms with Gasteiger partial charge in [-0.15, -0.1) is 0 Å². The van der Waals surface area contributed by atoms with Gasteiger partial charge in [0, 0.05) is 23.1 Å². The van der Waals surface area contributed by atoms with Gasteiger partial charge in [-0.05, 0) is 30.4 Å². The van der Waals surface area contributed by atoms with Crippen LogP contribution in [0.15, 0.2) is 59.7 Å². The van der Waals surface area contributed by atoms with E-state index in [-0.39, 0.29) is 23.3 Å². The Bertz CT molecular complexity index is 984. The summed E-state index contributed by atoms with van der Waals surface area (Å²) in [6.45, 7) is 0. The quantitative estimate of drug-likeness (QED) is 0.763. The van der Waals surface area contributed by atoms with Crippen molar-refractivity contribution < 1.29 is 4.39 Å². The lowest BCUT2D eigenvalue weighted by Crippen LogP contribution is -2.39. The summed E-state index contributed by atoms with van der Waals surface area (Å²) in [5.74, 6) is -0.491. The second-order valence-corrected chi connectivity index (χ2v) is 6.75. The molecule has 0 bridgehead atoms. The third-order valence-electron chi connectivity index (χ3n) is 5.18. The topological polar surface area (TPSA) is 71.8 Å². The van der Waals surface area contributed by atoms with Gasteiger partial charge < -0.3 is 10.7 Å². The van der Waals surface area contributed by atoms with Gasteiger partial charge in [-0.2, -0.15) is 0 Å². The van der Waals surface area contributed by atoms with E-state index in [1.54, 1.807) is 12.1 Å². The molecule has 0 amide bonds. The van der Waals surface area contributed by atoms with Crippen molar-refractivity contribution in [2.45, 2.75) is 31.2 Å². The van der Waals surface area contributed by atoms with Crippen LogP contribution in [-0.2, 0) is 12.8 Å². The first-order valence-electron chi connectivity index (χ1n) is 8.80. The summed E-state index contributed by atoms with van der Waals surface area (Å²) >= 11 is 0. The number of rotatable bonds is 3. The largest absolute Gasteiger partial charge is 0.327 e. The molecule has 0 saturated heterocycles. The minimum absolute atomic E-state index is 0.172. The summed E-state index contributed by atoms with van der Waals surface area (Å²) in [4.78, 5) is 19.3. The SMILES string of the molecule is NC1CCc2nc[nH]c(=O)c2C1Cc1cccc(-c2ccccc2)c1F. The summed E-state index contributed by atoms with van der Waals surface area (Å²) in [5, 5.41) is 0. The monoisotopic (exact) mass is 349 g/mol. The number of benzene rings is 2. The average molecular weight is 349 g/mol. The summed E-state index contributed by atoms with van der Waals surface area (Å²) < 4.78 is 15.2. The Kier molecular flexibility index (Phi) is 4.39. The van der Waals surface area contributed by atoms with Gasteiger partial charge in [0.05, 0.1) is 12.0 Å². The van der Waals surface area contributed by atoms with Crippen molar-refractivity contribution in [3.8, 4) is 11.1 Å². The molecule has 3 N–H and O–H groups in total. The number of nitrogens with one attached hydrogen (secondary N) is 1. The first-order chi connectivity index (χ1) is 12.6. The molecule has 4 nitrogen and oxygen atoms in total. The number of fused-ring (bicyclic) bond motifs is 1. The Morgan fingerprint density at radius 3 is 2.77 bits per heavy atom. The normalized spacial score (nSPS) is 19.2. The molecule has 2 aromatic carbocycles. The van der Waals surface area contributed by atoms with E-state index >= 15 is 4.39 Å². The zero-order valence-electron chi connectivity index (χ0n) is 14.3. The molecule has 0 aliphatic heterocycles. The minimum Gasteiger partial charge on any atom is -0.327 e. The molecule has 0 spiro atoms. The molecule has 0 radical (unpaired) electrons. The van der Waals surface area contributed by atoms with Crippen molar-refractivity contribution in [1.82, 2.24) is 9.97 Å². The molecule has 5 heteroatoms. The Morgan fingerprint density at radius 1 is 1.15 bits per heavy atom. The highest BCUT2D eigenvalue weighted by atomic mass is 19.1. The van der Waals surface area contributed by atoms with Gasteiger partial charge >= 0.3 is 0 Å². The lowest BCUT2D eigenvalue weighted by Gasteiger charge is -2.29. The molecular formula is C21H20FN3O. The molecule has 4 rings (SSSR count). The van der Waals surface area contributed by atoms with Gasteiger partial charge in [-0.1, -0.05) is 48.5 Å². The van der Waals surface area contributed by atoms with Crippen LogP contribution in [0.4, 0.5) is 4.39 Å². The summed E-state index contributed by atoms with van der Waals surface area (Å²) in [6, 6.07) is 14.7. The molecule has 1 aliphatic rings. The third-order valence-corrected chi connectivity index (χ3v) is 5.18. The van der Waals surface area contributed by atoms with Crippen molar-refractivity contribution in [1.29, 1.82) is 0 Å². The van der Waals surface area contributed by atoms with Crippen molar-refractivity contribution in [2.75, 3.05) is 0 Å². The Balaban J connectivity index is 1.74. The molecule has 1 aromatic heterocycles. The maximum atomic E-state index is 15.2. The smallest absolute Gasteiger partial charge is 0.254 e. The molecule has 26 heavy (non-hydrogen) atoms. The number of hydrogen-bond acceptors (Lipinski definition) is 3. The number of H-pyrrole nitrogens is 1. The number of hydrogen-bond donors (Lipinski definition) is 2. The molecule has 0 fully saturated rings. The maximum absolute atomic E-state index is 15.2. The fourth-order valence-electron chi connectivity index (χ4n) is 3.82. The molecule has 132 valence electrons. The Hall–Kier alpha value is -2.79. The average Bonchev–Trinajstić information content (AvgIpc) is 2.66. The predicted molar refractivity (Wildman–Crippen MR) is 99.4 cm³/mol. The van der Waals surface area contributed by atoms with Crippen LogP contribution in [0.5, 0.6) is 0 Å². The van der Waals surface area contributed by atoms with E-state index in [9.17, 15) is 4.79 Å². The van der Waals surface area contributed by atoms with Crippen LogP contribution in [-0.4, -0.2) is 16.0 Å². The van der Waals surface area contributed by atoms with Gasteiger partial charge in [-0.25, -0.2) is 9.37 Å². The Morgan fingerprint density at radius 2 is 1.96 bits per heavy atom. The van der Waals surface area contributed by atoms with Gasteiger partial charge in [-0.3, -0.25) is 4.79 Å². The van der Waals surface area contributed by atoms with Crippen LogP contribution < -0.4 is 11.3 Å². The summed E-state index contributed by atoms with van der Waals surface area (Å²) in [5.41, 5.74) is 9.49. The van der Waals surface area contributed by atoms with Gasteiger partial charge in [0.2, 0.25) is 0 Å². The first kappa shape index (κ1) is 16.7. The predicted octanol–water partition coefficient (Wildman–Crippen LogP) is 3.18. The number of aromatic amines is 1. The molecular weight excluding hydrogens is 329 g/mol. The van der Waals surface area contributed by atoms with E-state index in [0.29, 0.717) is 29.5 Å². The van der Waals surface area contributed by atoms with Crippen LogP contribution in [0.2, 0.25) is 0 Å². The van der Waals surface area contributed by atoms with Crippen LogP contribution >= 0.6 is 0 Å². The highest BCUT2D eigenvalue weighted by Crippen LogP contribution is 2.33. The zero-order valence-corrected chi connectivity index (χ0v) is 14.3. The summed E-state index contributed by atoms with van der Waals surface area (Å²) in [7, 11) is 0. The third kappa shape index (κ3) is 2.95. The van der Waals surface area contributed by atoms with Gasteiger partial charge in [0.25, 0.3) is 5.56 Å². The molecule has 1 aliphatic carbocycles. The fraction of sp³-hybridized carbons (Fsp3) is 0.238. The summed E-state index contributed by atoms with van der Waals surface area (Å²) in [6.07, 6.45) is 3.23. The van der Waals surface area contributed by atoms with Crippen LogP contribution in [0.1, 0.15) is 29.2 Å². The second-order valence-electron chi connectivity index (χ2n) is 6.75. The van der Waals surface area contributed by atoms with Crippen molar-refractivity contribution in [3.63, 3.8) is 0 Å². The molecule has 2 atom stereocenters. The Labute approximate surface area is 150 Å².